The van der Waals surface area contributed by atoms with E-state index in [1.54, 1.807) is 17.0 Å². The number of benzene rings is 2. The number of fused-ring (bicyclic) bond motifs is 1. The van der Waals surface area contributed by atoms with Gasteiger partial charge in [-0.2, -0.15) is 0 Å². The molecule has 3 heterocycles. The molecule has 1 saturated heterocycles. The molecule has 5 rings (SSSR count). The maximum atomic E-state index is 12.5. The van der Waals surface area contributed by atoms with Gasteiger partial charge in [0.1, 0.15) is 11.0 Å². The van der Waals surface area contributed by atoms with Gasteiger partial charge < -0.3 is 19.6 Å². The number of para-hydroxylation sites is 1. The van der Waals surface area contributed by atoms with Gasteiger partial charge in [0, 0.05) is 36.1 Å². The first-order valence-corrected chi connectivity index (χ1v) is 9.34. The van der Waals surface area contributed by atoms with Crippen LogP contribution >= 0.6 is 0 Å². The van der Waals surface area contributed by atoms with Gasteiger partial charge in [-0.1, -0.05) is 30.3 Å². The summed E-state index contributed by atoms with van der Waals surface area (Å²) in [6.07, 6.45) is 2.87. The lowest BCUT2D eigenvalue weighted by molar-refractivity contribution is 0.00590. The summed E-state index contributed by atoms with van der Waals surface area (Å²) >= 11 is 0. The van der Waals surface area contributed by atoms with Gasteiger partial charge in [-0.3, -0.25) is 9.59 Å². The fourth-order valence-electron chi connectivity index (χ4n) is 3.67. The van der Waals surface area contributed by atoms with Crippen LogP contribution < -0.4 is 5.56 Å². The van der Waals surface area contributed by atoms with Crippen molar-refractivity contribution in [3.63, 3.8) is 0 Å². The number of H-pyrrole nitrogens is 1. The second-order valence-electron chi connectivity index (χ2n) is 7.12. The molecule has 2 N–H and O–H groups in total. The summed E-state index contributed by atoms with van der Waals surface area (Å²) < 4.78 is 1.83. The van der Waals surface area contributed by atoms with Crippen molar-refractivity contribution in [3.8, 4) is 16.8 Å². The highest BCUT2D eigenvalue weighted by molar-refractivity contribution is 5.97. The summed E-state index contributed by atoms with van der Waals surface area (Å²) in [5.41, 5.74) is 3.97. The first-order chi connectivity index (χ1) is 14.1. The van der Waals surface area contributed by atoms with E-state index in [0.717, 1.165) is 16.8 Å². The minimum Gasteiger partial charge on any atom is -0.389 e. The first-order valence-electron chi connectivity index (χ1n) is 9.34. The Kier molecular flexibility index (Phi) is 4.03. The Morgan fingerprint density at radius 2 is 1.79 bits per heavy atom. The van der Waals surface area contributed by atoms with E-state index in [0.29, 0.717) is 29.7 Å². The maximum absolute atomic E-state index is 12.5. The van der Waals surface area contributed by atoms with Crippen molar-refractivity contribution in [2.24, 2.45) is 0 Å². The summed E-state index contributed by atoms with van der Waals surface area (Å²) in [5, 5.41) is 9.39. The number of aliphatic hydroxyl groups excluding tert-OH is 1. The van der Waals surface area contributed by atoms with E-state index < -0.39 is 6.10 Å². The number of aromatic amines is 1. The quantitative estimate of drug-likeness (QED) is 0.565. The van der Waals surface area contributed by atoms with E-state index in [2.05, 4.69) is 9.97 Å². The lowest BCUT2D eigenvalue weighted by atomic mass is 10.0. The van der Waals surface area contributed by atoms with E-state index >= 15 is 0 Å². The molecular weight excluding hydrogens is 368 g/mol. The van der Waals surface area contributed by atoms with Crippen LogP contribution in [0.1, 0.15) is 10.4 Å². The summed E-state index contributed by atoms with van der Waals surface area (Å²) in [6.45, 7) is 0.746. The zero-order valence-corrected chi connectivity index (χ0v) is 15.4. The normalized spacial score (nSPS) is 14.2. The summed E-state index contributed by atoms with van der Waals surface area (Å²) in [5.74, 6) is -0.0943. The number of hydrogen-bond acceptors (Lipinski definition) is 4. The Morgan fingerprint density at radius 1 is 1.07 bits per heavy atom. The van der Waals surface area contributed by atoms with E-state index in [1.165, 1.54) is 6.33 Å². The molecule has 0 atom stereocenters. The number of carbonyl (C=O) groups is 1. The molecule has 4 aromatic rings. The van der Waals surface area contributed by atoms with Gasteiger partial charge in [0.05, 0.1) is 12.4 Å². The van der Waals surface area contributed by atoms with Crippen LogP contribution in [0.15, 0.2) is 71.9 Å². The molecule has 7 heteroatoms. The van der Waals surface area contributed by atoms with Gasteiger partial charge in [0.25, 0.3) is 11.5 Å². The second kappa shape index (κ2) is 6.72. The molecule has 0 radical (unpaired) electrons. The highest BCUT2D eigenvalue weighted by atomic mass is 16.3. The zero-order chi connectivity index (χ0) is 20.0. The van der Waals surface area contributed by atoms with E-state index in [4.69, 9.17) is 0 Å². The minimum atomic E-state index is -0.425. The molecule has 1 aliphatic heterocycles. The number of amides is 1. The number of likely N-dealkylation sites (tertiary alicyclic amines) is 1. The van der Waals surface area contributed by atoms with Crippen molar-refractivity contribution in [2.75, 3.05) is 13.1 Å². The van der Waals surface area contributed by atoms with Gasteiger partial charge >= 0.3 is 0 Å². The lowest BCUT2D eigenvalue weighted by Gasteiger charge is -2.35. The topological polar surface area (TPSA) is 91.2 Å². The van der Waals surface area contributed by atoms with Crippen molar-refractivity contribution in [1.29, 1.82) is 0 Å². The van der Waals surface area contributed by atoms with E-state index in [-0.39, 0.29) is 11.5 Å². The van der Waals surface area contributed by atoms with E-state index in [9.17, 15) is 14.7 Å². The number of carbonyl (C=O) groups excluding carboxylic acids is 1. The summed E-state index contributed by atoms with van der Waals surface area (Å²) in [6, 6.07) is 16.9. The molecule has 2 aromatic heterocycles. The third-order valence-electron chi connectivity index (χ3n) is 5.21. The van der Waals surface area contributed by atoms with Crippen LogP contribution in [0.2, 0.25) is 0 Å². The number of aliphatic hydroxyl groups is 1. The number of β-amino-alcohol motifs (C(OH)–C–C–N with tert-alkyl or cyclic N) is 1. The Labute approximate surface area is 165 Å². The number of nitrogens with zero attached hydrogens (tertiary/aromatic N) is 3. The molecule has 1 amide bonds. The Bertz CT molecular complexity index is 1250. The maximum Gasteiger partial charge on any atom is 0.275 e. The molecule has 29 heavy (non-hydrogen) atoms. The standard InChI is InChI=1S/C22H18N4O3/c27-17-10-25(11-17)22(29)15-8-6-14(7-9-15)18-12-26(16-4-2-1-3-5-16)20-19(18)23-13-24-21(20)28/h1-9,12-13,17,27H,10-11H2,(H,23,24,28). The largest absolute Gasteiger partial charge is 0.389 e. The molecule has 1 aliphatic rings. The van der Waals surface area contributed by atoms with Crippen LogP contribution in [0.4, 0.5) is 0 Å². The number of rotatable bonds is 3. The van der Waals surface area contributed by atoms with Gasteiger partial charge in [-0.25, -0.2) is 4.98 Å². The predicted octanol–water partition coefficient (Wildman–Crippen LogP) is 2.20. The van der Waals surface area contributed by atoms with Crippen molar-refractivity contribution in [1.82, 2.24) is 19.4 Å². The van der Waals surface area contributed by atoms with Crippen LogP contribution in [-0.2, 0) is 0 Å². The smallest absolute Gasteiger partial charge is 0.275 e. The van der Waals surface area contributed by atoms with E-state index in [1.807, 2.05) is 53.2 Å². The molecule has 144 valence electrons. The molecule has 0 bridgehead atoms. The third kappa shape index (κ3) is 2.92. The van der Waals surface area contributed by atoms with Crippen LogP contribution in [0.25, 0.3) is 27.8 Å². The van der Waals surface area contributed by atoms with Crippen LogP contribution in [0.3, 0.4) is 0 Å². The zero-order valence-electron chi connectivity index (χ0n) is 15.4. The molecular formula is C22H18N4O3. The van der Waals surface area contributed by atoms with Gasteiger partial charge in [-0.15, -0.1) is 0 Å². The second-order valence-corrected chi connectivity index (χ2v) is 7.12. The molecule has 1 fully saturated rings. The van der Waals surface area contributed by atoms with Crippen LogP contribution in [0, 0.1) is 0 Å². The van der Waals surface area contributed by atoms with Crippen molar-refractivity contribution < 1.29 is 9.90 Å². The monoisotopic (exact) mass is 386 g/mol. The van der Waals surface area contributed by atoms with Crippen LogP contribution in [0.5, 0.6) is 0 Å². The summed E-state index contributed by atoms with van der Waals surface area (Å²) in [4.78, 5) is 33.6. The molecule has 7 nitrogen and oxygen atoms in total. The Balaban J connectivity index is 1.58. The first kappa shape index (κ1) is 17.4. The molecule has 2 aromatic carbocycles. The summed E-state index contributed by atoms with van der Waals surface area (Å²) in [7, 11) is 0. The highest BCUT2D eigenvalue weighted by Gasteiger charge is 2.29. The van der Waals surface area contributed by atoms with Crippen LogP contribution in [-0.4, -0.2) is 49.6 Å². The van der Waals surface area contributed by atoms with Gasteiger partial charge in [-0.05, 0) is 29.8 Å². The number of aromatic nitrogens is 3. The fourth-order valence-corrected chi connectivity index (χ4v) is 3.67. The molecule has 0 spiro atoms. The number of nitrogens with one attached hydrogen (secondary N) is 1. The fraction of sp³-hybridized carbons (Fsp3) is 0.136. The average Bonchev–Trinajstić information content (AvgIpc) is 3.13. The van der Waals surface area contributed by atoms with Gasteiger partial charge in [0.15, 0.2) is 0 Å². The van der Waals surface area contributed by atoms with Crippen molar-refractivity contribution >= 4 is 16.9 Å². The van der Waals surface area contributed by atoms with Crippen molar-refractivity contribution in [3.05, 3.63) is 83.0 Å². The Hall–Kier alpha value is -3.71. The molecule has 0 unspecified atom stereocenters. The van der Waals surface area contributed by atoms with Crippen molar-refractivity contribution in [2.45, 2.75) is 6.10 Å². The molecule has 0 saturated carbocycles. The Morgan fingerprint density at radius 3 is 2.48 bits per heavy atom. The molecule has 0 aliphatic carbocycles. The predicted molar refractivity (Wildman–Crippen MR) is 109 cm³/mol. The lowest BCUT2D eigenvalue weighted by Crippen LogP contribution is -2.53. The SMILES string of the molecule is O=C(c1ccc(-c2cn(-c3ccccc3)c3c(=O)[nH]cnc23)cc1)N1CC(O)C1. The average molecular weight is 386 g/mol. The minimum absolute atomic E-state index is 0.0943. The van der Waals surface area contributed by atoms with Gasteiger partial charge in [0.2, 0.25) is 0 Å². The third-order valence-corrected chi connectivity index (χ3v) is 5.21. The highest BCUT2D eigenvalue weighted by Crippen LogP contribution is 2.30. The number of hydrogen-bond donors (Lipinski definition) is 2.